The van der Waals surface area contributed by atoms with E-state index in [2.05, 4.69) is 5.32 Å². The summed E-state index contributed by atoms with van der Waals surface area (Å²) in [4.78, 5) is 21.9. The van der Waals surface area contributed by atoms with Crippen molar-refractivity contribution in [1.29, 1.82) is 0 Å². The molecule has 1 unspecified atom stereocenters. The molecule has 5 heteroatoms. The normalized spacial score (nSPS) is 12.1. The van der Waals surface area contributed by atoms with Crippen molar-refractivity contribution in [2.24, 2.45) is 5.92 Å². The molecule has 15 heavy (non-hydrogen) atoms. The van der Waals surface area contributed by atoms with Gasteiger partial charge in [0, 0.05) is 5.92 Å². The Labute approximate surface area is 91.9 Å². The smallest absolute Gasteiger partial charge is 0.304 e. The van der Waals surface area contributed by atoms with E-state index >= 15 is 0 Å². The van der Waals surface area contributed by atoms with Gasteiger partial charge in [0.1, 0.15) is 0 Å². The number of anilines is 1. The van der Waals surface area contributed by atoms with Gasteiger partial charge in [0.15, 0.2) is 0 Å². The lowest BCUT2D eigenvalue weighted by Crippen LogP contribution is -2.22. The van der Waals surface area contributed by atoms with E-state index in [0.29, 0.717) is 0 Å². The molecule has 0 fully saturated rings. The molecule has 0 saturated heterocycles. The Hall–Kier alpha value is -1.36. The summed E-state index contributed by atoms with van der Waals surface area (Å²) in [6.45, 7) is 3.50. The largest absolute Gasteiger partial charge is 0.481 e. The molecular weight excluding hydrogens is 214 g/mol. The van der Waals surface area contributed by atoms with Crippen LogP contribution in [0.25, 0.3) is 0 Å². The number of rotatable bonds is 4. The fourth-order valence-corrected chi connectivity index (χ4v) is 1.91. The van der Waals surface area contributed by atoms with Crippen LogP contribution in [0.15, 0.2) is 11.4 Å². The van der Waals surface area contributed by atoms with Gasteiger partial charge < -0.3 is 10.4 Å². The Morgan fingerprint density at radius 1 is 1.60 bits per heavy atom. The third-order valence-corrected chi connectivity index (χ3v) is 2.96. The molecule has 1 amide bonds. The van der Waals surface area contributed by atoms with Crippen molar-refractivity contribution >= 4 is 28.2 Å². The highest BCUT2D eigenvalue weighted by Crippen LogP contribution is 2.22. The van der Waals surface area contributed by atoms with Gasteiger partial charge in [-0.1, -0.05) is 6.92 Å². The highest BCUT2D eigenvalue weighted by molar-refractivity contribution is 7.14. The van der Waals surface area contributed by atoms with Crippen LogP contribution in [0.5, 0.6) is 0 Å². The average molecular weight is 227 g/mol. The van der Waals surface area contributed by atoms with Gasteiger partial charge in [0.05, 0.1) is 11.4 Å². The molecule has 82 valence electrons. The zero-order valence-electron chi connectivity index (χ0n) is 8.61. The molecular formula is C10H13NO3S. The molecule has 0 spiro atoms. The number of amides is 1. The molecule has 4 nitrogen and oxygen atoms in total. The SMILES string of the molecule is Cc1ccsc1NC(=O)C(C)CC(=O)O. The van der Waals surface area contributed by atoms with Crippen molar-refractivity contribution in [1.82, 2.24) is 0 Å². The summed E-state index contributed by atoms with van der Waals surface area (Å²) in [6.07, 6.45) is -0.143. The third kappa shape index (κ3) is 3.36. The Bertz CT molecular complexity index is 372. The van der Waals surface area contributed by atoms with Gasteiger partial charge in [0.2, 0.25) is 5.91 Å². The maximum atomic E-state index is 11.5. The summed E-state index contributed by atoms with van der Waals surface area (Å²) in [5, 5.41) is 13.9. The maximum absolute atomic E-state index is 11.5. The molecule has 0 bridgehead atoms. The molecule has 1 heterocycles. The van der Waals surface area contributed by atoms with E-state index in [4.69, 9.17) is 5.11 Å². The van der Waals surface area contributed by atoms with Crippen molar-refractivity contribution in [2.75, 3.05) is 5.32 Å². The van der Waals surface area contributed by atoms with Gasteiger partial charge in [0.25, 0.3) is 0 Å². The minimum atomic E-state index is -0.958. The highest BCUT2D eigenvalue weighted by Gasteiger charge is 2.17. The summed E-state index contributed by atoms with van der Waals surface area (Å²) < 4.78 is 0. The van der Waals surface area contributed by atoms with Gasteiger partial charge in [-0.3, -0.25) is 9.59 Å². The van der Waals surface area contributed by atoms with E-state index in [1.807, 2.05) is 18.4 Å². The summed E-state index contributed by atoms with van der Waals surface area (Å²) in [6, 6.07) is 1.90. The molecule has 0 aromatic carbocycles. The van der Waals surface area contributed by atoms with Crippen LogP contribution in [0.2, 0.25) is 0 Å². The fraction of sp³-hybridized carbons (Fsp3) is 0.400. The van der Waals surface area contributed by atoms with Crippen LogP contribution in [0.3, 0.4) is 0 Å². The minimum absolute atomic E-state index is 0.143. The van der Waals surface area contributed by atoms with Gasteiger partial charge in [-0.05, 0) is 23.9 Å². The fourth-order valence-electron chi connectivity index (χ4n) is 1.09. The molecule has 1 aromatic heterocycles. The number of nitrogens with one attached hydrogen (secondary N) is 1. The molecule has 2 N–H and O–H groups in total. The van der Waals surface area contributed by atoms with E-state index < -0.39 is 11.9 Å². The second-order valence-electron chi connectivity index (χ2n) is 3.42. The summed E-state index contributed by atoms with van der Waals surface area (Å²) in [5.41, 5.74) is 0.996. The molecule has 0 radical (unpaired) electrons. The van der Waals surface area contributed by atoms with Crippen LogP contribution in [0.4, 0.5) is 5.00 Å². The number of aryl methyl sites for hydroxylation is 1. The number of thiophene rings is 1. The maximum Gasteiger partial charge on any atom is 0.304 e. The van der Waals surface area contributed by atoms with Crippen molar-refractivity contribution in [2.45, 2.75) is 20.3 Å². The van der Waals surface area contributed by atoms with E-state index in [1.165, 1.54) is 11.3 Å². The molecule has 0 saturated carbocycles. The Balaban J connectivity index is 2.56. The van der Waals surface area contributed by atoms with Crippen LogP contribution in [-0.2, 0) is 9.59 Å². The summed E-state index contributed by atoms with van der Waals surface area (Å²) in [5.74, 6) is -1.72. The van der Waals surface area contributed by atoms with Crippen molar-refractivity contribution in [3.63, 3.8) is 0 Å². The Kier molecular flexibility index (Phi) is 3.85. The third-order valence-electron chi connectivity index (χ3n) is 2.03. The Morgan fingerprint density at radius 2 is 2.27 bits per heavy atom. The second-order valence-corrected chi connectivity index (χ2v) is 4.34. The average Bonchev–Trinajstić information content (AvgIpc) is 2.50. The predicted molar refractivity (Wildman–Crippen MR) is 59.1 cm³/mol. The van der Waals surface area contributed by atoms with Crippen molar-refractivity contribution < 1.29 is 14.7 Å². The topological polar surface area (TPSA) is 66.4 Å². The zero-order valence-corrected chi connectivity index (χ0v) is 9.43. The number of hydrogen-bond acceptors (Lipinski definition) is 3. The molecule has 0 aliphatic heterocycles. The number of carbonyl (C=O) groups excluding carboxylic acids is 1. The first-order valence-corrected chi connectivity index (χ1v) is 5.45. The lowest BCUT2D eigenvalue weighted by Gasteiger charge is -2.09. The Morgan fingerprint density at radius 3 is 2.73 bits per heavy atom. The predicted octanol–water partition coefficient (Wildman–Crippen LogP) is 2.11. The van der Waals surface area contributed by atoms with Gasteiger partial charge >= 0.3 is 5.97 Å². The van der Waals surface area contributed by atoms with Gasteiger partial charge in [-0.2, -0.15) is 0 Å². The number of hydrogen-bond donors (Lipinski definition) is 2. The first kappa shape index (κ1) is 11.7. The second kappa shape index (κ2) is 4.93. The van der Waals surface area contributed by atoms with Crippen LogP contribution in [0, 0.1) is 12.8 Å². The quantitative estimate of drug-likeness (QED) is 0.827. The van der Waals surface area contributed by atoms with E-state index in [1.54, 1.807) is 6.92 Å². The lowest BCUT2D eigenvalue weighted by molar-refractivity contribution is -0.139. The summed E-state index contributed by atoms with van der Waals surface area (Å²) >= 11 is 1.43. The first-order chi connectivity index (χ1) is 7.00. The van der Waals surface area contributed by atoms with Crippen LogP contribution < -0.4 is 5.32 Å². The number of aliphatic carboxylic acids is 1. The number of carboxylic acids is 1. The minimum Gasteiger partial charge on any atom is -0.481 e. The van der Waals surface area contributed by atoms with Crippen molar-refractivity contribution in [3.05, 3.63) is 17.0 Å². The molecule has 0 aliphatic carbocycles. The van der Waals surface area contributed by atoms with Crippen LogP contribution in [-0.4, -0.2) is 17.0 Å². The van der Waals surface area contributed by atoms with E-state index in [9.17, 15) is 9.59 Å². The summed E-state index contributed by atoms with van der Waals surface area (Å²) in [7, 11) is 0. The van der Waals surface area contributed by atoms with Crippen LogP contribution >= 0.6 is 11.3 Å². The molecule has 1 atom stereocenters. The zero-order chi connectivity index (χ0) is 11.4. The standard InChI is InChI=1S/C10H13NO3S/c1-6-3-4-15-10(6)11-9(14)7(2)5-8(12)13/h3-4,7H,5H2,1-2H3,(H,11,14)(H,12,13). The molecule has 1 rings (SSSR count). The van der Waals surface area contributed by atoms with Gasteiger partial charge in [-0.25, -0.2) is 0 Å². The first-order valence-electron chi connectivity index (χ1n) is 4.57. The molecule has 0 aliphatic rings. The number of carboxylic acid groups (broad SMARTS) is 1. The number of carbonyl (C=O) groups is 2. The van der Waals surface area contributed by atoms with E-state index in [-0.39, 0.29) is 12.3 Å². The molecule has 1 aromatic rings. The van der Waals surface area contributed by atoms with Crippen molar-refractivity contribution in [3.8, 4) is 0 Å². The van der Waals surface area contributed by atoms with Crippen LogP contribution in [0.1, 0.15) is 18.9 Å². The van der Waals surface area contributed by atoms with E-state index in [0.717, 1.165) is 10.6 Å². The monoisotopic (exact) mass is 227 g/mol. The lowest BCUT2D eigenvalue weighted by atomic mass is 10.1. The highest BCUT2D eigenvalue weighted by atomic mass is 32.1. The van der Waals surface area contributed by atoms with Gasteiger partial charge in [-0.15, -0.1) is 11.3 Å².